The molecule has 3 nitrogen and oxygen atoms in total. The van der Waals surface area contributed by atoms with Crippen LogP contribution >= 0.6 is 0 Å². The Bertz CT molecular complexity index is 142. The van der Waals surface area contributed by atoms with Crippen LogP contribution < -0.4 is 5.32 Å². The summed E-state index contributed by atoms with van der Waals surface area (Å²) in [6.45, 7) is 10.9. The minimum atomic E-state index is 0.652. The van der Waals surface area contributed by atoms with Gasteiger partial charge >= 0.3 is 0 Å². The first-order chi connectivity index (χ1) is 7.15. The normalized spacial score (nSPS) is 15.6. The van der Waals surface area contributed by atoms with Gasteiger partial charge in [-0.3, -0.25) is 4.90 Å². The molecule has 0 aromatic heterocycles. The molecule has 0 saturated carbocycles. The summed E-state index contributed by atoms with van der Waals surface area (Å²) in [6, 6.07) is 0.652. The Morgan fingerprint density at radius 2 is 2.00 bits per heavy atom. The second kappa shape index (κ2) is 9.13. The Labute approximate surface area is 95.2 Å². The van der Waals surface area contributed by atoms with Crippen molar-refractivity contribution in [3.05, 3.63) is 0 Å². The average molecular weight is 216 g/mol. The third kappa shape index (κ3) is 6.88. The molecule has 0 fully saturated rings. The van der Waals surface area contributed by atoms with Crippen LogP contribution in [0.4, 0.5) is 0 Å². The number of hydrogen-bond donors (Lipinski definition) is 1. The largest absolute Gasteiger partial charge is 0.383 e. The van der Waals surface area contributed by atoms with Crippen LogP contribution in [0.15, 0.2) is 0 Å². The zero-order valence-corrected chi connectivity index (χ0v) is 11.0. The highest BCUT2D eigenvalue weighted by molar-refractivity contribution is 4.69. The molecule has 0 bridgehead atoms. The number of rotatable bonds is 9. The molecule has 0 radical (unpaired) electrons. The van der Waals surface area contributed by atoms with Crippen LogP contribution in [0, 0.1) is 5.92 Å². The van der Waals surface area contributed by atoms with Gasteiger partial charge in [0.2, 0.25) is 0 Å². The van der Waals surface area contributed by atoms with Crippen molar-refractivity contribution in [3.63, 3.8) is 0 Å². The molecular weight excluding hydrogens is 188 g/mol. The molecule has 15 heavy (non-hydrogen) atoms. The Morgan fingerprint density at radius 3 is 2.47 bits per heavy atom. The maximum Gasteiger partial charge on any atom is 0.0589 e. The molecule has 92 valence electrons. The third-order valence-electron chi connectivity index (χ3n) is 2.90. The molecule has 0 aromatic carbocycles. The van der Waals surface area contributed by atoms with Crippen LogP contribution in [0.1, 0.15) is 27.2 Å². The lowest BCUT2D eigenvalue weighted by Crippen LogP contribution is -2.40. The number of methoxy groups -OCH3 is 1. The summed E-state index contributed by atoms with van der Waals surface area (Å²) >= 11 is 0. The Hall–Kier alpha value is -0.120. The SMILES string of the molecule is CCC(C)N(CCOC)CC(C)CNC. The van der Waals surface area contributed by atoms with E-state index in [0.29, 0.717) is 12.0 Å². The van der Waals surface area contributed by atoms with Crippen LogP contribution in [0.25, 0.3) is 0 Å². The van der Waals surface area contributed by atoms with Crippen LogP contribution in [-0.2, 0) is 4.74 Å². The molecule has 0 spiro atoms. The first-order valence-electron chi connectivity index (χ1n) is 6.03. The molecule has 0 aliphatic heterocycles. The summed E-state index contributed by atoms with van der Waals surface area (Å²) < 4.78 is 5.15. The van der Waals surface area contributed by atoms with Crippen molar-refractivity contribution < 1.29 is 4.74 Å². The topological polar surface area (TPSA) is 24.5 Å². The lowest BCUT2D eigenvalue weighted by atomic mass is 10.1. The van der Waals surface area contributed by atoms with E-state index in [-0.39, 0.29) is 0 Å². The lowest BCUT2D eigenvalue weighted by molar-refractivity contribution is 0.111. The van der Waals surface area contributed by atoms with Gasteiger partial charge in [-0.15, -0.1) is 0 Å². The fourth-order valence-corrected chi connectivity index (χ4v) is 1.77. The van der Waals surface area contributed by atoms with Gasteiger partial charge in [0.15, 0.2) is 0 Å². The highest BCUT2D eigenvalue weighted by atomic mass is 16.5. The molecule has 0 aliphatic rings. The zero-order valence-electron chi connectivity index (χ0n) is 11.0. The molecule has 0 saturated heterocycles. The van der Waals surface area contributed by atoms with E-state index >= 15 is 0 Å². The second-order valence-electron chi connectivity index (χ2n) is 4.41. The highest BCUT2D eigenvalue weighted by Crippen LogP contribution is 2.07. The summed E-state index contributed by atoms with van der Waals surface area (Å²) in [4.78, 5) is 2.52. The molecule has 0 rings (SSSR count). The lowest BCUT2D eigenvalue weighted by Gasteiger charge is -2.30. The van der Waals surface area contributed by atoms with E-state index in [4.69, 9.17) is 4.74 Å². The van der Waals surface area contributed by atoms with Crippen LogP contribution in [0.5, 0.6) is 0 Å². The van der Waals surface area contributed by atoms with Crippen molar-refractivity contribution in [2.24, 2.45) is 5.92 Å². The van der Waals surface area contributed by atoms with Gasteiger partial charge in [0.05, 0.1) is 6.61 Å². The van der Waals surface area contributed by atoms with Crippen molar-refractivity contribution in [3.8, 4) is 0 Å². The molecule has 1 N–H and O–H groups in total. The maximum atomic E-state index is 5.15. The highest BCUT2D eigenvalue weighted by Gasteiger charge is 2.14. The second-order valence-corrected chi connectivity index (χ2v) is 4.41. The predicted molar refractivity (Wildman–Crippen MR) is 66.3 cm³/mol. The first-order valence-corrected chi connectivity index (χ1v) is 6.03. The van der Waals surface area contributed by atoms with Gasteiger partial charge in [0, 0.05) is 26.2 Å². The summed E-state index contributed by atoms with van der Waals surface area (Å²) in [5, 5.41) is 3.23. The molecule has 0 amide bonds. The molecular formula is C12H28N2O. The van der Waals surface area contributed by atoms with E-state index in [1.54, 1.807) is 7.11 Å². The van der Waals surface area contributed by atoms with Crippen molar-refractivity contribution >= 4 is 0 Å². The summed E-state index contributed by atoms with van der Waals surface area (Å²) in [5.41, 5.74) is 0. The molecule has 0 aliphatic carbocycles. The number of nitrogens with zero attached hydrogens (tertiary/aromatic N) is 1. The number of hydrogen-bond acceptors (Lipinski definition) is 3. The predicted octanol–water partition coefficient (Wildman–Crippen LogP) is 1.59. The third-order valence-corrected chi connectivity index (χ3v) is 2.90. The maximum absolute atomic E-state index is 5.15. The molecule has 2 unspecified atom stereocenters. The van der Waals surface area contributed by atoms with Gasteiger partial charge in [0.25, 0.3) is 0 Å². The molecule has 2 atom stereocenters. The fraction of sp³-hybridized carbons (Fsp3) is 1.00. The summed E-state index contributed by atoms with van der Waals surface area (Å²) in [5.74, 6) is 0.695. The van der Waals surface area contributed by atoms with Gasteiger partial charge in [-0.25, -0.2) is 0 Å². The van der Waals surface area contributed by atoms with E-state index in [9.17, 15) is 0 Å². The van der Waals surface area contributed by atoms with E-state index in [2.05, 4.69) is 31.0 Å². The van der Waals surface area contributed by atoms with Crippen molar-refractivity contribution in [2.75, 3.05) is 40.4 Å². The number of nitrogens with one attached hydrogen (secondary N) is 1. The summed E-state index contributed by atoms with van der Waals surface area (Å²) in [7, 11) is 3.78. The van der Waals surface area contributed by atoms with Crippen molar-refractivity contribution in [1.82, 2.24) is 10.2 Å². The van der Waals surface area contributed by atoms with Gasteiger partial charge < -0.3 is 10.1 Å². The van der Waals surface area contributed by atoms with E-state index < -0.39 is 0 Å². The molecule has 0 heterocycles. The van der Waals surface area contributed by atoms with Crippen molar-refractivity contribution in [1.29, 1.82) is 0 Å². The quantitative estimate of drug-likeness (QED) is 0.633. The fourth-order valence-electron chi connectivity index (χ4n) is 1.77. The van der Waals surface area contributed by atoms with Gasteiger partial charge in [-0.1, -0.05) is 13.8 Å². The monoisotopic (exact) mass is 216 g/mol. The Morgan fingerprint density at radius 1 is 1.33 bits per heavy atom. The van der Waals surface area contributed by atoms with Gasteiger partial charge in [0.1, 0.15) is 0 Å². The Kier molecular flexibility index (Phi) is 9.06. The van der Waals surface area contributed by atoms with E-state index in [1.165, 1.54) is 6.42 Å². The standard InChI is InChI=1S/C12H28N2O/c1-6-12(3)14(7-8-15-5)10-11(2)9-13-4/h11-13H,6-10H2,1-5H3. The van der Waals surface area contributed by atoms with Gasteiger partial charge in [-0.2, -0.15) is 0 Å². The van der Waals surface area contributed by atoms with Gasteiger partial charge in [-0.05, 0) is 32.9 Å². The zero-order chi connectivity index (χ0) is 11.7. The van der Waals surface area contributed by atoms with E-state index in [0.717, 1.165) is 26.2 Å². The minimum Gasteiger partial charge on any atom is -0.383 e. The molecule has 0 aromatic rings. The van der Waals surface area contributed by atoms with Crippen LogP contribution in [0.3, 0.4) is 0 Å². The first kappa shape index (κ1) is 14.9. The van der Waals surface area contributed by atoms with Crippen molar-refractivity contribution in [2.45, 2.75) is 33.2 Å². The smallest absolute Gasteiger partial charge is 0.0589 e. The van der Waals surface area contributed by atoms with E-state index in [1.807, 2.05) is 7.05 Å². The van der Waals surface area contributed by atoms with Crippen LogP contribution in [-0.4, -0.2) is 51.3 Å². The Balaban J connectivity index is 3.98. The van der Waals surface area contributed by atoms with Crippen LogP contribution in [0.2, 0.25) is 0 Å². The average Bonchev–Trinajstić information content (AvgIpc) is 2.23. The number of ether oxygens (including phenoxy) is 1. The minimum absolute atomic E-state index is 0.652. The molecule has 3 heteroatoms. The summed E-state index contributed by atoms with van der Waals surface area (Å²) in [6.07, 6.45) is 1.20.